The summed E-state index contributed by atoms with van der Waals surface area (Å²) in [6.07, 6.45) is 1.87. The van der Waals surface area contributed by atoms with Crippen LogP contribution in [-0.4, -0.2) is 17.8 Å². The molecule has 2 amide bonds. The molecule has 6 nitrogen and oxygen atoms in total. The van der Waals surface area contributed by atoms with E-state index in [1.54, 1.807) is 18.2 Å². The van der Waals surface area contributed by atoms with E-state index in [1.165, 1.54) is 13.0 Å². The van der Waals surface area contributed by atoms with Gasteiger partial charge in [-0.2, -0.15) is 0 Å². The molecule has 134 valence electrons. The van der Waals surface area contributed by atoms with Crippen LogP contribution in [0.25, 0.3) is 0 Å². The molecule has 0 aliphatic heterocycles. The molecule has 1 aliphatic rings. The molecule has 1 saturated carbocycles. The Balaban J connectivity index is 1.64. The van der Waals surface area contributed by atoms with Crippen LogP contribution in [0, 0.1) is 5.92 Å². The van der Waals surface area contributed by atoms with Gasteiger partial charge in [0.2, 0.25) is 5.91 Å². The summed E-state index contributed by atoms with van der Waals surface area (Å²) >= 11 is 0. The Bertz CT molecular complexity index is 843. The summed E-state index contributed by atoms with van der Waals surface area (Å²) in [5.74, 6) is -0.271. The maximum Gasteiger partial charge on any atom is 0.308 e. The lowest BCUT2D eigenvalue weighted by molar-refractivity contribution is -0.131. The van der Waals surface area contributed by atoms with Gasteiger partial charge < -0.3 is 15.4 Å². The fourth-order valence-corrected chi connectivity index (χ4v) is 2.52. The van der Waals surface area contributed by atoms with Crippen LogP contribution in [-0.2, 0) is 16.1 Å². The van der Waals surface area contributed by atoms with Gasteiger partial charge in [0.15, 0.2) is 0 Å². The maximum absolute atomic E-state index is 12.4. The summed E-state index contributed by atoms with van der Waals surface area (Å²) < 4.78 is 4.99. The van der Waals surface area contributed by atoms with Crippen molar-refractivity contribution in [2.24, 2.45) is 5.92 Å². The molecule has 6 heteroatoms. The molecular formula is C20H20N2O4. The lowest BCUT2D eigenvalue weighted by Crippen LogP contribution is -2.24. The first-order chi connectivity index (χ1) is 12.5. The third-order valence-corrected chi connectivity index (χ3v) is 4.02. The van der Waals surface area contributed by atoms with Crippen molar-refractivity contribution in [3.63, 3.8) is 0 Å². The number of para-hydroxylation sites is 1. The highest BCUT2D eigenvalue weighted by Crippen LogP contribution is 2.30. The molecule has 0 unspecified atom stereocenters. The zero-order valence-corrected chi connectivity index (χ0v) is 14.5. The van der Waals surface area contributed by atoms with Crippen molar-refractivity contribution in [3.8, 4) is 5.75 Å². The fourth-order valence-electron chi connectivity index (χ4n) is 2.52. The molecule has 0 saturated heterocycles. The minimum atomic E-state index is -0.442. The monoisotopic (exact) mass is 352 g/mol. The predicted octanol–water partition coefficient (Wildman–Crippen LogP) is 2.89. The van der Waals surface area contributed by atoms with Crippen molar-refractivity contribution < 1.29 is 19.1 Å². The molecule has 0 atom stereocenters. The first-order valence-corrected chi connectivity index (χ1v) is 8.48. The van der Waals surface area contributed by atoms with E-state index in [4.69, 9.17) is 4.74 Å². The van der Waals surface area contributed by atoms with Crippen molar-refractivity contribution >= 4 is 23.5 Å². The lowest BCUT2D eigenvalue weighted by atomic mass is 10.1. The maximum atomic E-state index is 12.4. The van der Waals surface area contributed by atoms with Crippen LogP contribution in [0.5, 0.6) is 5.75 Å². The molecule has 3 rings (SSSR count). The minimum Gasteiger partial charge on any atom is -0.427 e. The van der Waals surface area contributed by atoms with Crippen LogP contribution >= 0.6 is 0 Å². The Morgan fingerprint density at radius 3 is 2.58 bits per heavy atom. The molecule has 2 aromatic carbocycles. The van der Waals surface area contributed by atoms with Crippen molar-refractivity contribution in [3.05, 3.63) is 59.7 Å². The van der Waals surface area contributed by atoms with E-state index in [-0.39, 0.29) is 24.3 Å². The van der Waals surface area contributed by atoms with E-state index in [1.807, 2.05) is 24.3 Å². The topological polar surface area (TPSA) is 84.5 Å². The van der Waals surface area contributed by atoms with E-state index in [9.17, 15) is 14.4 Å². The number of carbonyl (C=O) groups is 3. The van der Waals surface area contributed by atoms with E-state index in [0.29, 0.717) is 17.0 Å². The molecule has 0 radical (unpaired) electrons. The second-order valence-electron chi connectivity index (χ2n) is 6.22. The molecule has 0 bridgehead atoms. The number of benzene rings is 2. The van der Waals surface area contributed by atoms with Gasteiger partial charge in [-0.25, -0.2) is 0 Å². The van der Waals surface area contributed by atoms with Crippen LogP contribution in [0.2, 0.25) is 0 Å². The Kier molecular flexibility index (Phi) is 5.31. The van der Waals surface area contributed by atoms with E-state index in [2.05, 4.69) is 10.6 Å². The van der Waals surface area contributed by atoms with Crippen LogP contribution in [0.15, 0.2) is 48.5 Å². The van der Waals surface area contributed by atoms with Crippen LogP contribution < -0.4 is 15.4 Å². The highest BCUT2D eigenvalue weighted by molar-refractivity contribution is 5.96. The van der Waals surface area contributed by atoms with Gasteiger partial charge in [0, 0.05) is 30.6 Å². The zero-order valence-electron chi connectivity index (χ0n) is 14.5. The quantitative estimate of drug-likeness (QED) is 0.618. The molecule has 0 heterocycles. The number of esters is 1. The zero-order chi connectivity index (χ0) is 18.5. The smallest absolute Gasteiger partial charge is 0.308 e. The van der Waals surface area contributed by atoms with Gasteiger partial charge in [0.1, 0.15) is 5.75 Å². The predicted molar refractivity (Wildman–Crippen MR) is 96.7 cm³/mol. The Morgan fingerprint density at radius 2 is 1.85 bits per heavy atom. The highest BCUT2D eigenvalue weighted by Gasteiger charge is 2.29. The number of carbonyl (C=O) groups excluding carboxylic acids is 3. The number of nitrogens with one attached hydrogen (secondary N) is 2. The summed E-state index contributed by atoms with van der Waals surface area (Å²) in [6, 6.07) is 13.8. The fraction of sp³-hybridized carbons (Fsp3) is 0.250. The van der Waals surface area contributed by atoms with E-state index >= 15 is 0 Å². The molecule has 0 spiro atoms. The third kappa shape index (κ3) is 4.69. The molecule has 0 aromatic heterocycles. The third-order valence-electron chi connectivity index (χ3n) is 4.02. The van der Waals surface area contributed by atoms with Gasteiger partial charge in [-0.3, -0.25) is 14.4 Å². The highest BCUT2D eigenvalue weighted by atomic mass is 16.5. The van der Waals surface area contributed by atoms with Crippen molar-refractivity contribution in [1.82, 2.24) is 5.32 Å². The molecule has 1 aliphatic carbocycles. The molecule has 26 heavy (non-hydrogen) atoms. The van der Waals surface area contributed by atoms with Gasteiger partial charge in [-0.05, 0) is 42.7 Å². The second kappa shape index (κ2) is 7.82. The summed E-state index contributed by atoms with van der Waals surface area (Å²) in [4.78, 5) is 35.4. The van der Waals surface area contributed by atoms with Crippen molar-refractivity contribution in [2.75, 3.05) is 5.32 Å². The van der Waals surface area contributed by atoms with E-state index in [0.717, 1.165) is 18.4 Å². The Morgan fingerprint density at radius 1 is 1.08 bits per heavy atom. The standard InChI is InChI=1S/C20H20N2O4/c1-13(23)26-17-7-4-6-15(11-17)19(24)21-12-16-5-2-3-8-18(16)22-20(25)14-9-10-14/h2-8,11,14H,9-10,12H2,1H3,(H,21,24)(H,22,25). The van der Waals surface area contributed by atoms with E-state index < -0.39 is 5.97 Å². The number of ether oxygens (including phenoxy) is 1. The summed E-state index contributed by atoms with van der Waals surface area (Å²) in [6.45, 7) is 1.58. The number of rotatable bonds is 6. The largest absolute Gasteiger partial charge is 0.427 e. The number of amides is 2. The first-order valence-electron chi connectivity index (χ1n) is 8.48. The van der Waals surface area contributed by atoms with Crippen LogP contribution in [0.1, 0.15) is 35.7 Å². The average molecular weight is 352 g/mol. The SMILES string of the molecule is CC(=O)Oc1cccc(C(=O)NCc2ccccc2NC(=O)C2CC2)c1. The Labute approximate surface area is 151 Å². The van der Waals surface area contributed by atoms with Crippen LogP contribution in [0.3, 0.4) is 0 Å². The lowest BCUT2D eigenvalue weighted by Gasteiger charge is -2.12. The summed E-state index contributed by atoms with van der Waals surface area (Å²) in [7, 11) is 0. The number of anilines is 1. The summed E-state index contributed by atoms with van der Waals surface area (Å²) in [5.41, 5.74) is 1.92. The molecular weight excluding hydrogens is 332 g/mol. The average Bonchev–Trinajstić information content (AvgIpc) is 3.45. The first kappa shape index (κ1) is 17.7. The van der Waals surface area contributed by atoms with Gasteiger partial charge >= 0.3 is 5.97 Å². The molecule has 1 fully saturated rings. The van der Waals surface area contributed by atoms with Crippen molar-refractivity contribution in [1.29, 1.82) is 0 Å². The number of hydrogen-bond donors (Lipinski definition) is 2. The molecule has 2 N–H and O–H groups in total. The van der Waals surface area contributed by atoms with Gasteiger partial charge in [0.25, 0.3) is 5.91 Å². The van der Waals surface area contributed by atoms with Crippen LogP contribution in [0.4, 0.5) is 5.69 Å². The second-order valence-corrected chi connectivity index (χ2v) is 6.22. The molecule has 2 aromatic rings. The number of hydrogen-bond acceptors (Lipinski definition) is 4. The normalized spacial score (nSPS) is 13.0. The van der Waals surface area contributed by atoms with Crippen molar-refractivity contribution in [2.45, 2.75) is 26.3 Å². The van der Waals surface area contributed by atoms with Gasteiger partial charge in [0.05, 0.1) is 0 Å². The van der Waals surface area contributed by atoms with Gasteiger partial charge in [-0.15, -0.1) is 0 Å². The minimum absolute atomic E-state index is 0.0258. The Hall–Kier alpha value is -3.15. The summed E-state index contributed by atoms with van der Waals surface area (Å²) in [5, 5.41) is 5.74. The van der Waals surface area contributed by atoms with Gasteiger partial charge in [-0.1, -0.05) is 24.3 Å².